The Morgan fingerprint density at radius 2 is 1.82 bits per heavy atom. The number of benzene rings is 1. The summed E-state index contributed by atoms with van der Waals surface area (Å²) in [4.78, 5) is 44.2. The van der Waals surface area contributed by atoms with Crippen LogP contribution in [0.1, 0.15) is 64.1 Å². The Morgan fingerprint density at radius 3 is 2.45 bits per heavy atom. The highest BCUT2D eigenvalue weighted by Crippen LogP contribution is 2.65. The van der Waals surface area contributed by atoms with Crippen LogP contribution in [-0.2, 0) is 18.6 Å². The molecule has 8 heteroatoms. The van der Waals surface area contributed by atoms with Crippen molar-refractivity contribution in [1.29, 1.82) is 0 Å². The second-order valence-corrected chi connectivity index (χ2v) is 10.2. The summed E-state index contributed by atoms with van der Waals surface area (Å²) >= 11 is 0. The van der Waals surface area contributed by atoms with Crippen LogP contribution in [0.5, 0.6) is 5.75 Å². The molecule has 7 rings (SSSR count). The highest BCUT2D eigenvalue weighted by molar-refractivity contribution is 6.05. The molecule has 0 saturated heterocycles. The van der Waals surface area contributed by atoms with E-state index in [9.17, 15) is 23.9 Å². The molecular formula is C25H24FN3O4. The number of hydrogen-bond acceptors (Lipinski definition) is 4. The lowest BCUT2D eigenvalue weighted by Crippen LogP contribution is -2.51. The molecule has 0 radical (unpaired) electrons. The number of hydrogen-bond donors (Lipinski definition) is 1. The largest absolute Gasteiger partial charge is 0.502 e. The number of carbonyl (C=O) groups is 2. The Balaban J connectivity index is 1.35. The number of halogens is 1. The van der Waals surface area contributed by atoms with Gasteiger partial charge in [0.1, 0.15) is 17.2 Å². The van der Waals surface area contributed by atoms with Gasteiger partial charge < -0.3 is 14.9 Å². The maximum atomic E-state index is 13.8. The normalized spacial score (nSPS) is 29.5. The molecule has 3 fully saturated rings. The van der Waals surface area contributed by atoms with E-state index in [0.717, 1.165) is 37.7 Å². The van der Waals surface area contributed by atoms with Gasteiger partial charge in [-0.05, 0) is 62.1 Å². The van der Waals surface area contributed by atoms with Crippen LogP contribution in [0.2, 0.25) is 0 Å². The van der Waals surface area contributed by atoms with Crippen molar-refractivity contribution >= 4 is 11.8 Å². The summed E-state index contributed by atoms with van der Waals surface area (Å²) in [7, 11) is 0. The van der Waals surface area contributed by atoms with Gasteiger partial charge in [-0.1, -0.05) is 12.1 Å². The molecule has 1 aromatic heterocycles. The van der Waals surface area contributed by atoms with E-state index in [4.69, 9.17) is 0 Å². The van der Waals surface area contributed by atoms with Crippen LogP contribution in [0.4, 0.5) is 4.39 Å². The van der Waals surface area contributed by atoms with Crippen molar-refractivity contribution in [3.8, 4) is 5.75 Å². The van der Waals surface area contributed by atoms with Gasteiger partial charge in [0.2, 0.25) is 0 Å². The molecule has 1 spiro atoms. The standard InChI is InChI=1S/C25H24FN3O4/c26-15-3-1-13(2-4-15)12-27-10-8-17-19(22(27)31)21(30)24(33)29-20(17)23(32)28(16-5-6-16)25(29)9-7-14-11-18(14)25/h1-4,14,16,18,30H,5-12H2/t14-,18+,25?/m1/s1. The first kappa shape index (κ1) is 19.3. The molecule has 3 atom stereocenters. The Labute approximate surface area is 189 Å². The van der Waals surface area contributed by atoms with Crippen LogP contribution in [0.25, 0.3) is 0 Å². The molecule has 3 saturated carbocycles. The lowest BCUT2D eigenvalue weighted by atomic mass is 9.95. The number of nitrogens with zero attached hydrogens (tertiary/aromatic N) is 3. The molecule has 3 heterocycles. The minimum absolute atomic E-state index is 0.0360. The van der Waals surface area contributed by atoms with Gasteiger partial charge in [-0.2, -0.15) is 0 Å². The highest BCUT2D eigenvalue weighted by Gasteiger charge is 2.69. The van der Waals surface area contributed by atoms with Gasteiger partial charge in [-0.25, -0.2) is 4.39 Å². The maximum Gasteiger partial charge on any atom is 0.296 e. The first-order valence-electron chi connectivity index (χ1n) is 11.8. The molecule has 5 aliphatic rings. The Kier molecular flexibility index (Phi) is 3.66. The Hall–Kier alpha value is -3.16. The highest BCUT2D eigenvalue weighted by atomic mass is 19.1. The molecular weight excluding hydrogens is 425 g/mol. The van der Waals surface area contributed by atoms with Crippen LogP contribution in [0.15, 0.2) is 29.1 Å². The summed E-state index contributed by atoms with van der Waals surface area (Å²) in [5, 5.41) is 11.0. The van der Waals surface area contributed by atoms with Gasteiger partial charge in [0.15, 0.2) is 5.75 Å². The Bertz CT molecular complexity index is 1300. The van der Waals surface area contributed by atoms with E-state index in [1.165, 1.54) is 12.1 Å². The number of rotatable bonds is 3. The predicted octanol–water partition coefficient (Wildman–Crippen LogP) is 2.59. The molecule has 1 N–H and O–H groups in total. The fourth-order valence-electron chi connectivity index (χ4n) is 6.75. The monoisotopic (exact) mass is 449 g/mol. The van der Waals surface area contributed by atoms with Crippen LogP contribution in [0, 0.1) is 17.7 Å². The Morgan fingerprint density at radius 1 is 1.06 bits per heavy atom. The van der Waals surface area contributed by atoms with Gasteiger partial charge in [0.05, 0.1) is 5.56 Å². The van der Waals surface area contributed by atoms with E-state index < -0.39 is 22.9 Å². The third kappa shape index (κ3) is 2.41. The molecule has 0 bridgehead atoms. The maximum absolute atomic E-state index is 13.8. The van der Waals surface area contributed by atoms with Gasteiger partial charge in [-0.3, -0.25) is 19.0 Å². The quantitative estimate of drug-likeness (QED) is 0.781. The molecule has 3 aliphatic carbocycles. The van der Waals surface area contributed by atoms with Gasteiger partial charge in [0, 0.05) is 30.6 Å². The predicted molar refractivity (Wildman–Crippen MR) is 115 cm³/mol. The number of fused-ring (bicyclic) bond motifs is 6. The molecule has 1 aromatic carbocycles. The van der Waals surface area contributed by atoms with Crippen molar-refractivity contribution in [2.24, 2.45) is 11.8 Å². The molecule has 7 nitrogen and oxygen atoms in total. The van der Waals surface area contributed by atoms with E-state index >= 15 is 0 Å². The van der Waals surface area contributed by atoms with Gasteiger partial charge in [-0.15, -0.1) is 0 Å². The number of pyridine rings is 1. The fourth-order valence-corrected chi connectivity index (χ4v) is 6.75. The second kappa shape index (κ2) is 6.24. The fraction of sp³-hybridized carbons (Fsp3) is 0.480. The first-order chi connectivity index (χ1) is 15.9. The summed E-state index contributed by atoms with van der Waals surface area (Å²) in [6, 6.07) is 6.05. The van der Waals surface area contributed by atoms with E-state index in [2.05, 4.69) is 0 Å². The summed E-state index contributed by atoms with van der Waals surface area (Å²) in [5.41, 5.74) is 0.254. The smallest absolute Gasteiger partial charge is 0.296 e. The molecule has 33 heavy (non-hydrogen) atoms. The van der Waals surface area contributed by atoms with Crippen molar-refractivity contribution in [2.75, 3.05) is 6.54 Å². The lowest BCUT2D eigenvalue weighted by Gasteiger charge is -2.38. The third-order valence-corrected chi connectivity index (χ3v) is 8.41. The second-order valence-electron chi connectivity index (χ2n) is 10.2. The zero-order chi connectivity index (χ0) is 22.6. The number of aromatic hydroxyl groups is 1. The van der Waals surface area contributed by atoms with Gasteiger partial charge in [0.25, 0.3) is 17.4 Å². The van der Waals surface area contributed by atoms with Crippen molar-refractivity contribution in [3.05, 3.63) is 62.8 Å². The average molecular weight is 449 g/mol. The topological polar surface area (TPSA) is 82.8 Å². The number of carbonyl (C=O) groups excluding carboxylic acids is 2. The van der Waals surface area contributed by atoms with Crippen LogP contribution in [0.3, 0.4) is 0 Å². The van der Waals surface area contributed by atoms with E-state index in [0.29, 0.717) is 30.1 Å². The van der Waals surface area contributed by atoms with Gasteiger partial charge >= 0.3 is 0 Å². The lowest BCUT2D eigenvalue weighted by molar-refractivity contribution is 0.0215. The van der Waals surface area contributed by atoms with Crippen molar-refractivity contribution in [2.45, 2.75) is 56.8 Å². The minimum atomic E-state index is -0.670. The molecule has 1 unspecified atom stereocenters. The van der Waals surface area contributed by atoms with Crippen LogP contribution >= 0.6 is 0 Å². The summed E-state index contributed by atoms with van der Waals surface area (Å²) in [6.45, 7) is 0.607. The molecule has 2 amide bonds. The molecule has 170 valence electrons. The van der Waals surface area contributed by atoms with E-state index in [1.54, 1.807) is 21.6 Å². The van der Waals surface area contributed by atoms with Crippen LogP contribution < -0.4 is 5.56 Å². The summed E-state index contributed by atoms with van der Waals surface area (Å²) in [5.74, 6) is -0.723. The number of aromatic nitrogens is 1. The summed E-state index contributed by atoms with van der Waals surface area (Å²) in [6.07, 6.45) is 4.98. The summed E-state index contributed by atoms with van der Waals surface area (Å²) < 4.78 is 14.8. The SMILES string of the molecule is O=C1c2c(c3n(c(=O)c2O)C2(CC[C@@H]4C[C@@H]42)N(C2CC2)C3=O)CCN1Cc1ccc(F)cc1. The third-order valence-electron chi connectivity index (χ3n) is 8.41. The molecule has 2 aliphatic heterocycles. The van der Waals surface area contributed by atoms with Crippen LogP contribution in [-0.4, -0.2) is 43.9 Å². The first-order valence-corrected chi connectivity index (χ1v) is 11.8. The minimum Gasteiger partial charge on any atom is -0.502 e. The number of amides is 2. The van der Waals surface area contributed by atoms with Crippen molar-refractivity contribution < 1.29 is 19.1 Å². The van der Waals surface area contributed by atoms with E-state index in [-0.39, 0.29) is 35.8 Å². The average Bonchev–Trinajstić information content (AvgIpc) is 3.72. The molecule has 2 aromatic rings. The zero-order valence-electron chi connectivity index (χ0n) is 18.1. The zero-order valence-corrected chi connectivity index (χ0v) is 18.1. The van der Waals surface area contributed by atoms with Crippen molar-refractivity contribution in [1.82, 2.24) is 14.4 Å². The van der Waals surface area contributed by atoms with Crippen molar-refractivity contribution in [3.63, 3.8) is 0 Å². The van der Waals surface area contributed by atoms with E-state index in [1.807, 2.05) is 4.90 Å².